The fourth-order valence-electron chi connectivity index (χ4n) is 2.65. The van der Waals surface area contributed by atoms with Crippen molar-refractivity contribution in [1.82, 2.24) is 9.80 Å². The van der Waals surface area contributed by atoms with E-state index in [2.05, 4.69) is 42.7 Å². The van der Waals surface area contributed by atoms with Crippen LogP contribution in [0.3, 0.4) is 0 Å². The third-order valence-electron chi connectivity index (χ3n) is 4.03. The SMILES string of the molecule is CCC(CC)C(CN=C(N)N1CCSCC1)N(C)C.I. The largest absolute Gasteiger partial charge is 0.370 e. The Morgan fingerprint density at radius 3 is 2.25 bits per heavy atom. The molecule has 0 saturated carbocycles. The molecule has 0 aliphatic carbocycles. The number of hydrogen-bond acceptors (Lipinski definition) is 3. The van der Waals surface area contributed by atoms with Gasteiger partial charge in [-0.25, -0.2) is 0 Å². The first-order valence-electron chi connectivity index (χ1n) is 7.39. The first kappa shape index (κ1) is 20.3. The van der Waals surface area contributed by atoms with E-state index in [0.717, 1.165) is 25.6 Å². The minimum absolute atomic E-state index is 0. The van der Waals surface area contributed by atoms with Crippen molar-refractivity contribution < 1.29 is 0 Å². The van der Waals surface area contributed by atoms with Crippen molar-refractivity contribution in [3.63, 3.8) is 0 Å². The maximum atomic E-state index is 6.13. The van der Waals surface area contributed by atoms with E-state index in [1.165, 1.54) is 24.3 Å². The predicted octanol–water partition coefficient (Wildman–Crippen LogP) is 2.33. The van der Waals surface area contributed by atoms with Gasteiger partial charge in [0.2, 0.25) is 0 Å². The zero-order chi connectivity index (χ0) is 14.3. The summed E-state index contributed by atoms with van der Waals surface area (Å²) >= 11 is 2.00. The Morgan fingerprint density at radius 1 is 1.25 bits per heavy atom. The van der Waals surface area contributed by atoms with E-state index in [1.54, 1.807) is 0 Å². The van der Waals surface area contributed by atoms with Crippen LogP contribution in [-0.2, 0) is 0 Å². The third kappa shape index (κ3) is 6.39. The number of nitrogens with zero attached hydrogens (tertiary/aromatic N) is 3. The molecule has 2 N–H and O–H groups in total. The molecule has 1 saturated heterocycles. The van der Waals surface area contributed by atoms with Gasteiger partial charge in [-0.15, -0.1) is 24.0 Å². The smallest absolute Gasteiger partial charge is 0.191 e. The van der Waals surface area contributed by atoms with Crippen LogP contribution in [0.1, 0.15) is 26.7 Å². The van der Waals surface area contributed by atoms with Crippen LogP contribution in [0.2, 0.25) is 0 Å². The zero-order valence-corrected chi connectivity index (χ0v) is 16.5. The quantitative estimate of drug-likeness (QED) is 0.412. The van der Waals surface area contributed by atoms with Crippen molar-refractivity contribution in [2.45, 2.75) is 32.7 Å². The summed E-state index contributed by atoms with van der Waals surface area (Å²) < 4.78 is 0. The zero-order valence-electron chi connectivity index (χ0n) is 13.3. The minimum Gasteiger partial charge on any atom is -0.370 e. The Labute approximate surface area is 145 Å². The van der Waals surface area contributed by atoms with Gasteiger partial charge < -0.3 is 15.5 Å². The summed E-state index contributed by atoms with van der Waals surface area (Å²) in [6.07, 6.45) is 2.41. The number of guanidine groups is 1. The van der Waals surface area contributed by atoms with Crippen LogP contribution in [0.15, 0.2) is 4.99 Å². The topological polar surface area (TPSA) is 44.9 Å². The van der Waals surface area contributed by atoms with Crippen LogP contribution >= 0.6 is 35.7 Å². The van der Waals surface area contributed by atoms with Gasteiger partial charge in [0.15, 0.2) is 5.96 Å². The lowest BCUT2D eigenvalue weighted by Gasteiger charge is -2.31. The van der Waals surface area contributed by atoms with E-state index in [-0.39, 0.29) is 24.0 Å². The molecule has 0 aromatic carbocycles. The molecule has 1 aliphatic heterocycles. The normalized spacial score (nSPS) is 18.3. The van der Waals surface area contributed by atoms with Gasteiger partial charge in [0.25, 0.3) is 0 Å². The van der Waals surface area contributed by atoms with Crippen molar-refractivity contribution in [1.29, 1.82) is 0 Å². The molecule has 1 unspecified atom stereocenters. The molecule has 1 fully saturated rings. The molecule has 0 spiro atoms. The summed E-state index contributed by atoms with van der Waals surface area (Å²) in [5.41, 5.74) is 6.13. The maximum Gasteiger partial charge on any atom is 0.191 e. The van der Waals surface area contributed by atoms with Crippen molar-refractivity contribution in [2.24, 2.45) is 16.6 Å². The standard InChI is InChI=1S/C14H30N4S.HI/c1-5-12(6-2)13(17(3)4)11-16-14(15)18-7-9-19-10-8-18;/h12-13H,5-11H2,1-4H3,(H2,15,16);1H. The lowest BCUT2D eigenvalue weighted by Crippen LogP contribution is -2.44. The molecule has 0 bridgehead atoms. The summed E-state index contributed by atoms with van der Waals surface area (Å²) in [5, 5.41) is 0. The van der Waals surface area contributed by atoms with Crippen LogP contribution < -0.4 is 5.73 Å². The molecule has 4 nitrogen and oxygen atoms in total. The number of rotatable bonds is 6. The van der Waals surface area contributed by atoms with Gasteiger partial charge in [-0.2, -0.15) is 11.8 Å². The molecular weight excluding hydrogens is 383 g/mol. The Hall–Kier alpha value is 0.310. The highest BCUT2D eigenvalue weighted by molar-refractivity contribution is 14.0. The molecule has 1 heterocycles. The number of hydrogen-bond donors (Lipinski definition) is 1. The Morgan fingerprint density at radius 2 is 1.80 bits per heavy atom. The molecule has 0 aromatic rings. The summed E-state index contributed by atoms with van der Waals surface area (Å²) in [6.45, 7) is 7.42. The number of halogens is 1. The average Bonchev–Trinajstić information content (AvgIpc) is 2.43. The molecule has 1 aliphatic rings. The molecule has 120 valence electrons. The van der Waals surface area contributed by atoms with E-state index in [1.807, 2.05) is 11.8 Å². The summed E-state index contributed by atoms with van der Waals surface area (Å²) in [4.78, 5) is 9.17. The number of nitrogens with two attached hydrogens (primary N) is 1. The van der Waals surface area contributed by atoms with Crippen molar-refractivity contribution in [2.75, 3.05) is 45.2 Å². The Kier molecular flexibility index (Phi) is 11.1. The fourth-order valence-corrected chi connectivity index (χ4v) is 3.55. The van der Waals surface area contributed by atoms with E-state index < -0.39 is 0 Å². The fraction of sp³-hybridized carbons (Fsp3) is 0.929. The van der Waals surface area contributed by atoms with Crippen LogP contribution in [0.25, 0.3) is 0 Å². The average molecular weight is 414 g/mol. The van der Waals surface area contributed by atoms with Crippen molar-refractivity contribution >= 4 is 41.7 Å². The second kappa shape index (κ2) is 11.0. The van der Waals surface area contributed by atoms with Gasteiger partial charge in [0.05, 0.1) is 6.54 Å². The molecule has 0 radical (unpaired) electrons. The minimum atomic E-state index is 0. The van der Waals surface area contributed by atoms with Gasteiger partial charge in [0.1, 0.15) is 0 Å². The Bertz CT molecular complexity index is 276. The molecule has 1 rings (SSSR count). The number of thioether (sulfide) groups is 1. The van der Waals surface area contributed by atoms with Gasteiger partial charge in [0, 0.05) is 30.6 Å². The molecule has 0 amide bonds. The number of likely N-dealkylation sites (N-methyl/N-ethyl adjacent to an activating group) is 1. The second-order valence-corrected chi connectivity index (χ2v) is 6.63. The van der Waals surface area contributed by atoms with Gasteiger partial charge in [-0.1, -0.05) is 26.7 Å². The molecule has 20 heavy (non-hydrogen) atoms. The molecule has 1 atom stereocenters. The van der Waals surface area contributed by atoms with E-state index in [0.29, 0.717) is 12.0 Å². The lowest BCUT2D eigenvalue weighted by molar-refractivity contribution is 0.205. The molecule has 6 heteroatoms. The highest BCUT2D eigenvalue weighted by Gasteiger charge is 2.21. The van der Waals surface area contributed by atoms with E-state index in [4.69, 9.17) is 5.73 Å². The van der Waals surface area contributed by atoms with Gasteiger partial charge >= 0.3 is 0 Å². The monoisotopic (exact) mass is 414 g/mol. The Balaban J connectivity index is 0.00000361. The summed E-state index contributed by atoms with van der Waals surface area (Å²) in [6, 6.07) is 0.493. The molecular formula is C14H31IN4S. The van der Waals surface area contributed by atoms with Crippen molar-refractivity contribution in [3.05, 3.63) is 0 Å². The highest BCUT2D eigenvalue weighted by atomic mass is 127. The first-order chi connectivity index (χ1) is 9.10. The third-order valence-corrected chi connectivity index (χ3v) is 4.97. The van der Waals surface area contributed by atoms with Crippen LogP contribution in [0.5, 0.6) is 0 Å². The van der Waals surface area contributed by atoms with Crippen LogP contribution in [-0.4, -0.2) is 67.0 Å². The number of aliphatic imine (C=N–C) groups is 1. The lowest BCUT2D eigenvalue weighted by atomic mass is 9.93. The van der Waals surface area contributed by atoms with E-state index in [9.17, 15) is 0 Å². The molecule has 0 aromatic heterocycles. The summed E-state index contributed by atoms with van der Waals surface area (Å²) in [7, 11) is 4.29. The van der Waals surface area contributed by atoms with Gasteiger partial charge in [-0.3, -0.25) is 4.99 Å². The van der Waals surface area contributed by atoms with Crippen LogP contribution in [0.4, 0.5) is 0 Å². The van der Waals surface area contributed by atoms with Crippen molar-refractivity contribution in [3.8, 4) is 0 Å². The highest BCUT2D eigenvalue weighted by Crippen LogP contribution is 2.17. The predicted molar refractivity (Wildman–Crippen MR) is 102 cm³/mol. The second-order valence-electron chi connectivity index (χ2n) is 5.41. The van der Waals surface area contributed by atoms with E-state index >= 15 is 0 Å². The van der Waals surface area contributed by atoms with Gasteiger partial charge in [-0.05, 0) is 20.0 Å². The van der Waals surface area contributed by atoms with Crippen LogP contribution in [0, 0.1) is 5.92 Å². The first-order valence-corrected chi connectivity index (χ1v) is 8.54. The maximum absolute atomic E-state index is 6.13. The summed E-state index contributed by atoms with van der Waals surface area (Å²) in [5.74, 6) is 3.77.